The number of hydrogen-bond acceptors (Lipinski definition) is 3. The average Bonchev–Trinajstić information content (AvgIpc) is 2.43. The van der Waals surface area contributed by atoms with Crippen LogP contribution in [0.25, 0.3) is 0 Å². The van der Waals surface area contributed by atoms with Crippen LogP contribution < -0.4 is 16.4 Å². The van der Waals surface area contributed by atoms with E-state index in [-0.39, 0.29) is 30.3 Å². The van der Waals surface area contributed by atoms with Gasteiger partial charge in [-0.25, -0.2) is 0 Å². The maximum atomic E-state index is 11.9. The molecule has 5 nitrogen and oxygen atoms in total. The van der Waals surface area contributed by atoms with Crippen LogP contribution in [0.3, 0.4) is 0 Å². The fraction of sp³-hybridized carbons (Fsp3) is 0.333. The Kier molecular flexibility index (Phi) is 9.08. The first-order valence-electron chi connectivity index (χ1n) is 6.58. The highest BCUT2D eigenvalue weighted by Gasteiger charge is 2.12. The average molecular weight is 312 g/mol. The Balaban J connectivity index is 0.00000400. The third-order valence-electron chi connectivity index (χ3n) is 2.68. The molecule has 2 amide bonds. The first kappa shape index (κ1) is 19.1. The van der Waals surface area contributed by atoms with Gasteiger partial charge in [0.2, 0.25) is 5.91 Å². The monoisotopic (exact) mass is 311 g/mol. The van der Waals surface area contributed by atoms with Gasteiger partial charge in [0.25, 0.3) is 5.91 Å². The minimum absolute atomic E-state index is 0. The molecule has 0 bridgehead atoms. The van der Waals surface area contributed by atoms with Crippen molar-refractivity contribution in [3.63, 3.8) is 0 Å². The summed E-state index contributed by atoms with van der Waals surface area (Å²) in [5.41, 5.74) is 6.55. The quantitative estimate of drug-likeness (QED) is 0.674. The maximum absolute atomic E-state index is 11.9. The SMILES string of the molecule is C=CCNC(=O)c1ccccc1NC(=O)CCC(C)N.Cl. The number of rotatable bonds is 7. The molecule has 1 aromatic carbocycles. The van der Waals surface area contributed by atoms with Crippen LogP contribution in [0.15, 0.2) is 36.9 Å². The molecule has 0 aliphatic rings. The number of carbonyl (C=O) groups is 2. The number of nitrogens with one attached hydrogen (secondary N) is 2. The maximum Gasteiger partial charge on any atom is 0.253 e. The van der Waals surface area contributed by atoms with Gasteiger partial charge in [-0.05, 0) is 25.5 Å². The fourth-order valence-corrected chi connectivity index (χ4v) is 1.62. The van der Waals surface area contributed by atoms with E-state index in [1.807, 2.05) is 6.92 Å². The van der Waals surface area contributed by atoms with E-state index in [2.05, 4.69) is 17.2 Å². The molecule has 1 aromatic rings. The highest BCUT2D eigenvalue weighted by atomic mass is 35.5. The van der Waals surface area contributed by atoms with E-state index in [0.717, 1.165) is 0 Å². The number of nitrogens with two attached hydrogens (primary N) is 1. The molecule has 0 saturated heterocycles. The second-order valence-electron chi connectivity index (χ2n) is 4.61. The molecule has 0 radical (unpaired) electrons. The molecule has 4 N–H and O–H groups in total. The number of para-hydroxylation sites is 1. The molecule has 0 aromatic heterocycles. The Bertz CT molecular complexity index is 490. The van der Waals surface area contributed by atoms with Crippen molar-refractivity contribution in [3.05, 3.63) is 42.5 Å². The van der Waals surface area contributed by atoms with Gasteiger partial charge in [0.15, 0.2) is 0 Å². The van der Waals surface area contributed by atoms with Crippen LogP contribution in [-0.4, -0.2) is 24.4 Å². The zero-order valence-corrected chi connectivity index (χ0v) is 12.9. The summed E-state index contributed by atoms with van der Waals surface area (Å²) in [6.45, 7) is 5.77. The minimum Gasteiger partial charge on any atom is -0.349 e. The van der Waals surface area contributed by atoms with Crippen LogP contribution in [0.2, 0.25) is 0 Å². The van der Waals surface area contributed by atoms with E-state index in [9.17, 15) is 9.59 Å². The lowest BCUT2D eigenvalue weighted by atomic mass is 10.1. The predicted molar refractivity (Wildman–Crippen MR) is 87.7 cm³/mol. The van der Waals surface area contributed by atoms with Gasteiger partial charge in [-0.2, -0.15) is 0 Å². The molecule has 116 valence electrons. The van der Waals surface area contributed by atoms with Crippen molar-refractivity contribution < 1.29 is 9.59 Å². The van der Waals surface area contributed by atoms with Crippen LogP contribution in [0.1, 0.15) is 30.1 Å². The second-order valence-corrected chi connectivity index (χ2v) is 4.61. The summed E-state index contributed by atoms with van der Waals surface area (Å²) in [5.74, 6) is -0.390. The number of amides is 2. The van der Waals surface area contributed by atoms with Gasteiger partial charge >= 0.3 is 0 Å². The number of halogens is 1. The third kappa shape index (κ3) is 6.92. The third-order valence-corrected chi connectivity index (χ3v) is 2.68. The molecule has 0 fully saturated rings. The van der Waals surface area contributed by atoms with Crippen LogP contribution >= 0.6 is 12.4 Å². The van der Waals surface area contributed by atoms with Gasteiger partial charge in [-0.3, -0.25) is 9.59 Å². The first-order valence-corrected chi connectivity index (χ1v) is 6.58. The lowest BCUT2D eigenvalue weighted by molar-refractivity contribution is -0.116. The first-order chi connectivity index (χ1) is 9.54. The van der Waals surface area contributed by atoms with E-state index in [4.69, 9.17) is 5.73 Å². The summed E-state index contributed by atoms with van der Waals surface area (Å²) in [7, 11) is 0. The van der Waals surface area contributed by atoms with Crippen molar-refractivity contribution in [1.29, 1.82) is 0 Å². The standard InChI is InChI=1S/C15H21N3O2.ClH/c1-3-10-17-15(20)12-6-4-5-7-13(12)18-14(19)9-8-11(2)16;/h3-7,11H,1,8-10,16H2,2H3,(H,17,20)(H,18,19);1H. The molecule has 1 atom stereocenters. The van der Waals surface area contributed by atoms with E-state index >= 15 is 0 Å². The Labute approximate surface area is 131 Å². The smallest absolute Gasteiger partial charge is 0.253 e. The molecule has 0 spiro atoms. The van der Waals surface area contributed by atoms with Crippen LogP contribution in [-0.2, 0) is 4.79 Å². The zero-order valence-electron chi connectivity index (χ0n) is 12.1. The summed E-state index contributed by atoms with van der Waals surface area (Å²) in [4.78, 5) is 23.7. The van der Waals surface area contributed by atoms with Crippen LogP contribution in [0.5, 0.6) is 0 Å². The molecule has 21 heavy (non-hydrogen) atoms. The van der Waals surface area contributed by atoms with Crippen molar-refractivity contribution in [1.82, 2.24) is 5.32 Å². The summed E-state index contributed by atoms with van der Waals surface area (Å²) in [6.07, 6.45) is 2.54. The summed E-state index contributed by atoms with van der Waals surface area (Å²) in [6, 6.07) is 6.87. The Morgan fingerprint density at radius 1 is 1.38 bits per heavy atom. The fourth-order valence-electron chi connectivity index (χ4n) is 1.62. The Hall–Kier alpha value is -1.85. The van der Waals surface area contributed by atoms with Gasteiger partial charge in [-0.15, -0.1) is 19.0 Å². The van der Waals surface area contributed by atoms with Crippen molar-refractivity contribution in [2.75, 3.05) is 11.9 Å². The molecular formula is C15H22ClN3O2. The van der Waals surface area contributed by atoms with Gasteiger partial charge in [0.1, 0.15) is 0 Å². The number of benzene rings is 1. The normalized spacial score (nSPS) is 11.0. The van der Waals surface area contributed by atoms with Gasteiger partial charge < -0.3 is 16.4 Å². The van der Waals surface area contributed by atoms with Gasteiger partial charge in [0.05, 0.1) is 11.3 Å². The van der Waals surface area contributed by atoms with E-state index < -0.39 is 0 Å². The summed E-state index contributed by atoms with van der Waals surface area (Å²) in [5, 5.41) is 5.43. The highest BCUT2D eigenvalue weighted by molar-refractivity contribution is 6.03. The molecular weight excluding hydrogens is 290 g/mol. The van der Waals surface area contributed by atoms with Gasteiger partial charge in [0, 0.05) is 19.0 Å². The second kappa shape index (κ2) is 9.96. The zero-order chi connectivity index (χ0) is 15.0. The molecule has 6 heteroatoms. The van der Waals surface area contributed by atoms with Crippen molar-refractivity contribution in [3.8, 4) is 0 Å². The van der Waals surface area contributed by atoms with E-state index in [0.29, 0.717) is 30.6 Å². The van der Waals surface area contributed by atoms with Crippen LogP contribution in [0, 0.1) is 0 Å². The lowest BCUT2D eigenvalue weighted by Gasteiger charge is -2.11. The minimum atomic E-state index is -0.243. The molecule has 0 aliphatic carbocycles. The lowest BCUT2D eigenvalue weighted by Crippen LogP contribution is -2.25. The highest BCUT2D eigenvalue weighted by Crippen LogP contribution is 2.15. The number of hydrogen-bond donors (Lipinski definition) is 3. The topological polar surface area (TPSA) is 84.2 Å². The van der Waals surface area contributed by atoms with Crippen molar-refractivity contribution >= 4 is 29.9 Å². The van der Waals surface area contributed by atoms with Gasteiger partial charge in [-0.1, -0.05) is 18.2 Å². The summed E-state index contributed by atoms with van der Waals surface area (Å²) < 4.78 is 0. The molecule has 1 unspecified atom stereocenters. The molecule has 0 saturated carbocycles. The van der Waals surface area contributed by atoms with Crippen molar-refractivity contribution in [2.24, 2.45) is 5.73 Å². The number of carbonyl (C=O) groups excluding carboxylic acids is 2. The number of anilines is 1. The molecule has 0 heterocycles. The Morgan fingerprint density at radius 2 is 2.05 bits per heavy atom. The largest absolute Gasteiger partial charge is 0.349 e. The van der Waals surface area contributed by atoms with E-state index in [1.165, 1.54) is 0 Å². The molecule has 0 aliphatic heterocycles. The van der Waals surface area contributed by atoms with Crippen molar-refractivity contribution in [2.45, 2.75) is 25.8 Å². The van der Waals surface area contributed by atoms with Crippen LogP contribution in [0.4, 0.5) is 5.69 Å². The molecule has 1 rings (SSSR count). The van der Waals surface area contributed by atoms with E-state index in [1.54, 1.807) is 30.3 Å². The predicted octanol–water partition coefficient (Wildman–Crippen LogP) is 2.09. The summed E-state index contributed by atoms with van der Waals surface area (Å²) >= 11 is 0. The Morgan fingerprint density at radius 3 is 2.67 bits per heavy atom.